The number of alkyl halides is 1. The molecule has 4 heteroatoms. The smallest absolute Gasteiger partial charge is 0.199 e. The maximum Gasteiger partial charge on any atom is 0.199 e. The average Bonchev–Trinajstić information content (AvgIpc) is 2.83. The minimum atomic E-state index is -0.174. The molecule has 0 bridgehead atoms. The first-order valence-electron chi connectivity index (χ1n) is 3.87. The molecule has 1 fully saturated rings. The van der Waals surface area contributed by atoms with Crippen molar-refractivity contribution >= 4 is 17.4 Å². The van der Waals surface area contributed by atoms with Crippen LogP contribution >= 0.6 is 11.6 Å². The first-order chi connectivity index (χ1) is 5.81. The molecule has 2 rings (SSSR count). The predicted molar refractivity (Wildman–Crippen MR) is 43.5 cm³/mol. The zero-order valence-electron chi connectivity index (χ0n) is 6.42. The van der Waals surface area contributed by atoms with Crippen molar-refractivity contribution in [1.29, 1.82) is 0 Å². The van der Waals surface area contributed by atoms with Crippen molar-refractivity contribution in [2.24, 2.45) is 0 Å². The Kier molecular flexibility index (Phi) is 1.89. The van der Waals surface area contributed by atoms with Gasteiger partial charge in [-0.1, -0.05) is 5.16 Å². The zero-order chi connectivity index (χ0) is 8.55. The maximum absolute atomic E-state index is 11.0. The fraction of sp³-hybridized carbons (Fsp3) is 0.500. The molecular formula is C8H8ClNO2. The number of rotatable bonds is 3. The first kappa shape index (κ1) is 7.80. The quantitative estimate of drug-likeness (QED) is 0.534. The SMILES string of the molecule is O=C(CCl)c1cc(C2CC2)on1. The molecule has 0 aromatic carbocycles. The van der Waals surface area contributed by atoms with Gasteiger partial charge in [0.15, 0.2) is 11.5 Å². The summed E-state index contributed by atoms with van der Waals surface area (Å²) in [5, 5.41) is 3.64. The van der Waals surface area contributed by atoms with Crippen LogP contribution in [0.25, 0.3) is 0 Å². The molecule has 0 N–H and O–H groups in total. The van der Waals surface area contributed by atoms with Crippen LogP contribution in [0.1, 0.15) is 35.0 Å². The fourth-order valence-corrected chi connectivity index (χ4v) is 1.19. The van der Waals surface area contributed by atoms with E-state index in [0.29, 0.717) is 11.6 Å². The van der Waals surface area contributed by atoms with Crippen LogP contribution in [0.5, 0.6) is 0 Å². The third kappa shape index (κ3) is 1.37. The van der Waals surface area contributed by atoms with Crippen molar-refractivity contribution in [2.45, 2.75) is 18.8 Å². The van der Waals surface area contributed by atoms with Crippen LogP contribution < -0.4 is 0 Å². The van der Waals surface area contributed by atoms with E-state index in [4.69, 9.17) is 16.1 Å². The summed E-state index contributed by atoms with van der Waals surface area (Å²) in [6.45, 7) is 0. The lowest BCUT2D eigenvalue weighted by Crippen LogP contribution is -1.99. The van der Waals surface area contributed by atoms with Crippen LogP contribution in [0, 0.1) is 0 Å². The summed E-state index contributed by atoms with van der Waals surface area (Å²) < 4.78 is 4.98. The number of hydrogen-bond acceptors (Lipinski definition) is 3. The molecule has 0 radical (unpaired) electrons. The van der Waals surface area contributed by atoms with Crippen LogP contribution in [0.3, 0.4) is 0 Å². The molecule has 64 valence electrons. The van der Waals surface area contributed by atoms with Crippen molar-refractivity contribution in [3.8, 4) is 0 Å². The van der Waals surface area contributed by atoms with E-state index in [0.717, 1.165) is 18.6 Å². The van der Waals surface area contributed by atoms with Gasteiger partial charge in [0.2, 0.25) is 0 Å². The second-order valence-electron chi connectivity index (χ2n) is 2.95. The monoisotopic (exact) mass is 185 g/mol. The molecule has 1 aliphatic rings. The zero-order valence-corrected chi connectivity index (χ0v) is 7.17. The van der Waals surface area contributed by atoms with E-state index in [1.165, 1.54) is 0 Å². The number of halogens is 1. The number of aromatic nitrogens is 1. The van der Waals surface area contributed by atoms with Crippen LogP contribution in [0.2, 0.25) is 0 Å². The highest BCUT2D eigenvalue weighted by Crippen LogP contribution is 2.40. The van der Waals surface area contributed by atoms with E-state index in [1.807, 2.05) is 0 Å². The van der Waals surface area contributed by atoms with E-state index in [2.05, 4.69) is 5.16 Å². The number of carbonyl (C=O) groups excluding carboxylic acids is 1. The second kappa shape index (κ2) is 2.90. The van der Waals surface area contributed by atoms with Crippen LogP contribution in [-0.4, -0.2) is 16.8 Å². The van der Waals surface area contributed by atoms with Gasteiger partial charge in [0.25, 0.3) is 0 Å². The molecule has 1 aliphatic carbocycles. The number of hydrogen-bond donors (Lipinski definition) is 0. The van der Waals surface area contributed by atoms with Crippen molar-refractivity contribution < 1.29 is 9.32 Å². The standard InChI is InChI=1S/C8H8ClNO2/c9-4-7(11)6-3-8(12-10-6)5-1-2-5/h3,5H,1-2,4H2. The molecule has 1 aromatic rings. The Morgan fingerprint density at radius 3 is 3.08 bits per heavy atom. The molecule has 1 aromatic heterocycles. The second-order valence-corrected chi connectivity index (χ2v) is 3.21. The first-order valence-corrected chi connectivity index (χ1v) is 4.40. The van der Waals surface area contributed by atoms with Gasteiger partial charge in [0.05, 0.1) is 5.88 Å². The molecule has 1 saturated carbocycles. The van der Waals surface area contributed by atoms with Crippen molar-refractivity contribution in [2.75, 3.05) is 5.88 Å². The van der Waals surface area contributed by atoms with Gasteiger partial charge in [-0.15, -0.1) is 11.6 Å². The minimum Gasteiger partial charge on any atom is -0.360 e. The van der Waals surface area contributed by atoms with Gasteiger partial charge in [-0.3, -0.25) is 4.79 Å². The molecule has 0 atom stereocenters. The lowest BCUT2D eigenvalue weighted by molar-refractivity contribution is 0.101. The molecule has 0 aliphatic heterocycles. The summed E-state index contributed by atoms with van der Waals surface area (Å²) in [5.41, 5.74) is 0.354. The van der Waals surface area contributed by atoms with Gasteiger partial charge < -0.3 is 4.52 Å². The molecule has 0 spiro atoms. The summed E-state index contributed by atoms with van der Waals surface area (Å²) >= 11 is 5.36. The van der Waals surface area contributed by atoms with Crippen LogP contribution in [-0.2, 0) is 0 Å². The molecule has 0 amide bonds. The van der Waals surface area contributed by atoms with Gasteiger partial charge in [-0.2, -0.15) is 0 Å². The number of nitrogens with zero attached hydrogens (tertiary/aromatic N) is 1. The van der Waals surface area contributed by atoms with E-state index in [-0.39, 0.29) is 11.7 Å². The Morgan fingerprint density at radius 2 is 2.50 bits per heavy atom. The topological polar surface area (TPSA) is 43.1 Å². The summed E-state index contributed by atoms with van der Waals surface area (Å²) in [5.74, 6) is 1.11. The normalized spacial score (nSPS) is 16.4. The van der Waals surface area contributed by atoms with Gasteiger partial charge >= 0.3 is 0 Å². The summed E-state index contributed by atoms with van der Waals surface area (Å²) in [7, 11) is 0. The van der Waals surface area contributed by atoms with E-state index < -0.39 is 0 Å². The van der Waals surface area contributed by atoms with Gasteiger partial charge in [-0.05, 0) is 12.8 Å². The molecule has 0 saturated heterocycles. The maximum atomic E-state index is 11.0. The van der Waals surface area contributed by atoms with Crippen LogP contribution in [0.4, 0.5) is 0 Å². The van der Waals surface area contributed by atoms with Gasteiger partial charge in [-0.25, -0.2) is 0 Å². The number of carbonyl (C=O) groups is 1. The lowest BCUT2D eigenvalue weighted by Gasteiger charge is -1.83. The molecular weight excluding hydrogens is 178 g/mol. The number of ketones is 1. The lowest BCUT2D eigenvalue weighted by atomic mass is 10.2. The van der Waals surface area contributed by atoms with E-state index in [1.54, 1.807) is 6.07 Å². The van der Waals surface area contributed by atoms with Crippen molar-refractivity contribution in [3.63, 3.8) is 0 Å². The fourth-order valence-electron chi connectivity index (χ4n) is 1.05. The third-order valence-electron chi connectivity index (χ3n) is 1.92. The highest BCUT2D eigenvalue weighted by Gasteiger charge is 2.28. The Morgan fingerprint density at radius 1 is 1.75 bits per heavy atom. The summed E-state index contributed by atoms with van der Waals surface area (Å²) in [4.78, 5) is 11.0. The highest BCUT2D eigenvalue weighted by molar-refractivity contribution is 6.30. The third-order valence-corrected chi connectivity index (χ3v) is 2.16. The summed E-state index contributed by atoms with van der Waals surface area (Å²) in [6.07, 6.45) is 2.29. The van der Waals surface area contributed by atoms with Gasteiger partial charge in [0.1, 0.15) is 5.76 Å². The average molecular weight is 186 g/mol. The molecule has 0 unspecified atom stereocenters. The van der Waals surface area contributed by atoms with Gasteiger partial charge in [0, 0.05) is 12.0 Å². The Bertz CT molecular complexity index is 304. The van der Waals surface area contributed by atoms with Crippen molar-refractivity contribution in [1.82, 2.24) is 5.16 Å². The molecule has 3 nitrogen and oxygen atoms in total. The Balaban J connectivity index is 2.17. The highest BCUT2D eigenvalue weighted by atomic mass is 35.5. The van der Waals surface area contributed by atoms with E-state index >= 15 is 0 Å². The Labute approximate surface area is 74.7 Å². The summed E-state index contributed by atoms with van der Waals surface area (Å²) in [6, 6.07) is 1.70. The molecule has 12 heavy (non-hydrogen) atoms. The largest absolute Gasteiger partial charge is 0.360 e. The minimum absolute atomic E-state index is 0.0311. The molecule has 1 heterocycles. The number of Topliss-reactive ketones (excluding diaryl/α,β-unsaturated/α-hetero) is 1. The predicted octanol–water partition coefficient (Wildman–Crippen LogP) is 1.97. The van der Waals surface area contributed by atoms with Crippen molar-refractivity contribution in [3.05, 3.63) is 17.5 Å². The van der Waals surface area contributed by atoms with E-state index in [9.17, 15) is 4.79 Å². The Hall–Kier alpha value is -0.830. The van der Waals surface area contributed by atoms with Crippen LogP contribution in [0.15, 0.2) is 10.6 Å².